The fourth-order valence-electron chi connectivity index (χ4n) is 1.94. The molecule has 2 aromatic rings. The number of rotatable bonds is 6. The van der Waals surface area contributed by atoms with Crippen molar-refractivity contribution < 1.29 is 27.8 Å². The average Bonchev–Trinajstić information content (AvgIpc) is 2.53. The molecule has 0 unspecified atom stereocenters. The molecule has 2 aromatic carbocycles. The first kappa shape index (κ1) is 15.8. The molecule has 4 nitrogen and oxygen atoms in total. The third-order valence-electron chi connectivity index (χ3n) is 3.08. The smallest absolute Gasteiger partial charge is 0.157 e. The van der Waals surface area contributed by atoms with Crippen molar-refractivity contribution in [3.8, 4) is 17.2 Å². The van der Waals surface area contributed by atoms with Crippen LogP contribution in [0.3, 0.4) is 0 Å². The normalized spacial score (nSPS) is 10.2. The third-order valence-corrected chi connectivity index (χ3v) is 3.08. The molecule has 0 bridgehead atoms. The molecule has 116 valence electrons. The van der Waals surface area contributed by atoms with Gasteiger partial charge in [0.15, 0.2) is 6.29 Å². The van der Waals surface area contributed by atoms with Crippen LogP contribution in [0, 0.1) is 11.6 Å². The summed E-state index contributed by atoms with van der Waals surface area (Å²) in [6.07, 6.45) is 0.595. The van der Waals surface area contributed by atoms with Gasteiger partial charge in [0.2, 0.25) is 0 Å². The van der Waals surface area contributed by atoms with Crippen LogP contribution >= 0.6 is 0 Å². The summed E-state index contributed by atoms with van der Waals surface area (Å²) < 4.78 is 42.6. The monoisotopic (exact) mass is 308 g/mol. The van der Waals surface area contributed by atoms with Crippen molar-refractivity contribution in [3.63, 3.8) is 0 Å². The summed E-state index contributed by atoms with van der Waals surface area (Å²) in [5.41, 5.74) is 0.0503. The van der Waals surface area contributed by atoms with Gasteiger partial charge < -0.3 is 14.2 Å². The molecule has 0 aliphatic heterocycles. The second kappa shape index (κ2) is 6.89. The van der Waals surface area contributed by atoms with Gasteiger partial charge in [0.25, 0.3) is 0 Å². The molecule has 0 radical (unpaired) electrons. The van der Waals surface area contributed by atoms with Gasteiger partial charge in [-0.25, -0.2) is 8.78 Å². The molecule has 6 heteroatoms. The van der Waals surface area contributed by atoms with Crippen LogP contribution in [0.2, 0.25) is 0 Å². The highest BCUT2D eigenvalue weighted by atomic mass is 19.1. The van der Waals surface area contributed by atoms with Crippen LogP contribution in [0.1, 0.15) is 15.9 Å². The summed E-state index contributed by atoms with van der Waals surface area (Å²) in [6, 6.07) is 6.48. The number of methoxy groups -OCH3 is 2. The largest absolute Gasteiger partial charge is 0.496 e. The van der Waals surface area contributed by atoms with Crippen molar-refractivity contribution >= 4 is 6.29 Å². The van der Waals surface area contributed by atoms with Gasteiger partial charge in [0, 0.05) is 12.1 Å². The van der Waals surface area contributed by atoms with Gasteiger partial charge in [-0.15, -0.1) is 0 Å². The van der Waals surface area contributed by atoms with Gasteiger partial charge in [-0.1, -0.05) is 6.07 Å². The highest BCUT2D eigenvalue weighted by molar-refractivity contribution is 5.84. The van der Waals surface area contributed by atoms with Gasteiger partial charge in [-0.3, -0.25) is 4.79 Å². The quantitative estimate of drug-likeness (QED) is 0.768. The van der Waals surface area contributed by atoms with E-state index in [9.17, 15) is 13.6 Å². The van der Waals surface area contributed by atoms with Gasteiger partial charge in [-0.05, 0) is 12.1 Å². The molecule has 0 saturated carbocycles. The number of carbonyl (C=O) groups is 1. The molecule has 2 rings (SSSR count). The minimum Gasteiger partial charge on any atom is -0.496 e. The molecule has 0 fully saturated rings. The third kappa shape index (κ3) is 3.16. The van der Waals surface area contributed by atoms with Crippen molar-refractivity contribution in [2.75, 3.05) is 14.2 Å². The second-order valence-electron chi connectivity index (χ2n) is 4.35. The molecular weight excluding hydrogens is 294 g/mol. The van der Waals surface area contributed by atoms with Gasteiger partial charge in [-0.2, -0.15) is 0 Å². The Morgan fingerprint density at radius 3 is 2.05 bits per heavy atom. The molecule has 0 saturated heterocycles. The number of halogens is 2. The van der Waals surface area contributed by atoms with E-state index in [1.165, 1.54) is 32.4 Å². The molecule has 0 amide bonds. The zero-order valence-electron chi connectivity index (χ0n) is 12.1. The Labute approximate surface area is 126 Å². The Bertz CT molecular complexity index is 641. The van der Waals surface area contributed by atoms with E-state index < -0.39 is 11.6 Å². The van der Waals surface area contributed by atoms with E-state index in [0.717, 1.165) is 12.1 Å². The Hall–Kier alpha value is -2.63. The number of carbonyl (C=O) groups excluding carboxylic acids is 1. The fourth-order valence-corrected chi connectivity index (χ4v) is 1.94. The predicted octanol–water partition coefficient (Wildman–Crippen LogP) is 3.37. The number of ether oxygens (including phenoxy) is 3. The SMILES string of the molecule is COc1cc(OCc2c(F)cccc2F)cc(OC)c1C=O. The minimum atomic E-state index is -0.691. The standard InChI is InChI=1S/C16H14F2O4/c1-20-15-6-10(7-16(21-2)11(15)8-19)22-9-12-13(17)4-3-5-14(12)18/h3-8H,9H2,1-2H3. The Balaban J connectivity index is 2.28. The summed E-state index contributed by atoms with van der Waals surface area (Å²) in [5.74, 6) is -0.620. The summed E-state index contributed by atoms with van der Waals surface area (Å²) in [4.78, 5) is 11.0. The molecule has 0 aromatic heterocycles. The summed E-state index contributed by atoms with van der Waals surface area (Å²) in [5, 5.41) is 0. The van der Waals surface area contributed by atoms with Crippen LogP contribution in [-0.2, 0) is 6.61 Å². The number of hydrogen-bond donors (Lipinski definition) is 0. The van der Waals surface area contributed by atoms with Crippen LogP contribution in [-0.4, -0.2) is 20.5 Å². The van der Waals surface area contributed by atoms with Gasteiger partial charge in [0.05, 0.1) is 25.3 Å². The second-order valence-corrected chi connectivity index (χ2v) is 4.35. The van der Waals surface area contributed by atoms with Gasteiger partial charge in [0.1, 0.15) is 35.5 Å². The predicted molar refractivity (Wildman–Crippen MR) is 75.6 cm³/mol. The first-order chi connectivity index (χ1) is 10.6. The lowest BCUT2D eigenvalue weighted by Crippen LogP contribution is -2.03. The zero-order chi connectivity index (χ0) is 16.1. The molecule has 22 heavy (non-hydrogen) atoms. The molecule has 0 spiro atoms. The van der Waals surface area contributed by atoms with E-state index in [0.29, 0.717) is 6.29 Å². The highest BCUT2D eigenvalue weighted by Crippen LogP contribution is 2.33. The number of aldehydes is 1. The van der Waals surface area contributed by atoms with Crippen molar-refractivity contribution in [1.82, 2.24) is 0 Å². The number of benzene rings is 2. The maximum atomic E-state index is 13.5. The van der Waals surface area contributed by atoms with Crippen LogP contribution < -0.4 is 14.2 Å². The van der Waals surface area contributed by atoms with E-state index in [2.05, 4.69) is 0 Å². The Morgan fingerprint density at radius 1 is 1.05 bits per heavy atom. The Kier molecular flexibility index (Phi) is 4.93. The van der Waals surface area contributed by atoms with Crippen LogP contribution in [0.15, 0.2) is 30.3 Å². The summed E-state index contributed by atoms with van der Waals surface area (Å²) in [6.45, 7) is -0.300. The maximum Gasteiger partial charge on any atom is 0.157 e. The lowest BCUT2D eigenvalue weighted by molar-refractivity contribution is 0.111. The van der Waals surface area contributed by atoms with E-state index in [4.69, 9.17) is 14.2 Å². The van der Waals surface area contributed by atoms with E-state index >= 15 is 0 Å². The van der Waals surface area contributed by atoms with Gasteiger partial charge >= 0.3 is 0 Å². The first-order valence-corrected chi connectivity index (χ1v) is 6.37. The van der Waals surface area contributed by atoms with Crippen molar-refractivity contribution in [1.29, 1.82) is 0 Å². The molecule has 0 aliphatic carbocycles. The molecule has 0 heterocycles. The lowest BCUT2D eigenvalue weighted by atomic mass is 10.1. The summed E-state index contributed by atoms with van der Waals surface area (Å²) >= 11 is 0. The zero-order valence-corrected chi connectivity index (χ0v) is 12.1. The lowest BCUT2D eigenvalue weighted by Gasteiger charge is -2.13. The van der Waals surface area contributed by atoms with Crippen molar-refractivity contribution in [3.05, 3.63) is 53.1 Å². The van der Waals surface area contributed by atoms with Crippen LogP contribution in [0.25, 0.3) is 0 Å². The average molecular weight is 308 g/mol. The van der Waals surface area contributed by atoms with E-state index in [1.807, 2.05) is 0 Å². The molecule has 0 atom stereocenters. The Morgan fingerprint density at radius 2 is 1.59 bits per heavy atom. The summed E-state index contributed by atoms with van der Waals surface area (Å²) in [7, 11) is 2.78. The van der Waals surface area contributed by atoms with E-state index in [-0.39, 0.29) is 35.0 Å². The van der Waals surface area contributed by atoms with E-state index in [1.54, 1.807) is 0 Å². The molecule has 0 N–H and O–H groups in total. The van der Waals surface area contributed by atoms with Crippen molar-refractivity contribution in [2.24, 2.45) is 0 Å². The van der Waals surface area contributed by atoms with Crippen molar-refractivity contribution in [2.45, 2.75) is 6.61 Å². The fraction of sp³-hybridized carbons (Fsp3) is 0.188. The molecular formula is C16H14F2O4. The molecule has 0 aliphatic rings. The maximum absolute atomic E-state index is 13.5. The minimum absolute atomic E-state index is 0.181. The number of hydrogen-bond acceptors (Lipinski definition) is 4. The highest BCUT2D eigenvalue weighted by Gasteiger charge is 2.14. The topological polar surface area (TPSA) is 44.8 Å². The van der Waals surface area contributed by atoms with Crippen LogP contribution in [0.5, 0.6) is 17.2 Å². The van der Waals surface area contributed by atoms with Crippen LogP contribution in [0.4, 0.5) is 8.78 Å². The first-order valence-electron chi connectivity index (χ1n) is 6.37.